The first-order valence-corrected chi connectivity index (χ1v) is 13.2. The van der Waals surface area contributed by atoms with Gasteiger partial charge in [-0.1, -0.05) is 30.9 Å². The number of carbonyl (C=O) groups excluding carboxylic acids is 2. The fourth-order valence-electron chi connectivity index (χ4n) is 4.69. The second-order valence-electron chi connectivity index (χ2n) is 10.2. The Morgan fingerprint density at radius 3 is 2.76 bits per heavy atom. The Labute approximate surface area is 237 Å². The highest BCUT2D eigenvalue weighted by Crippen LogP contribution is 2.33. The highest BCUT2D eigenvalue weighted by molar-refractivity contribution is 5.97. The fourth-order valence-corrected chi connectivity index (χ4v) is 4.69. The maximum atomic E-state index is 14.1. The minimum absolute atomic E-state index is 0.0991. The van der Waals surface area contributed by atoms with E-state index < -0.39 is 18.0 Å². The second-order valence-corrected chi connectivity index (χ2v) is 10.2. The predicted octanol–water partition coefficient (Wildman–Crippen LogP) is 3.34. The van der Waals surface area contributed by atoms with Gasteiger partial charge in [-0.15, -0.1) is 0 Å². The highest BCUT2D eigenvalue weighted by Gasteiger charge is 2.35. The molecule has 41 heavy (non-hydrogen) atoms. The monoisotopic (exact) mass is 559 g/mol. The molecule has 0 spiro atoms. The Hall–Kier alpha value is -4.62. The van der Waals surface area contributed by atoms with E-state index >= 15 is 0 Å². The summed E-state index contributed by atoms with van der Waals surface area (Å²) in [7, 11) is 1.68. The van der Waals surface area contributed by atoms with Crippen molar-refractivity contribution < 1.29 is 33.3 Å². The summed E-state index contributed by atoms with van der Waals surface area (Å²) >= 11 is 0. The van der Waals surface area contributed by atoms with Crippen molar-refractivity contribution in [2.45, 2.75) is 26.0 Å². The Balaban J connectivity index is 1.43. The van der Waals surface area contributed by atoms with Crippen LogP contribution in [0.1, 0.15) is 45.7 Å². The minimum Gasteiger partial charge on any atom is -0.472 e. The van der Waals surface area contributed by atoms with Crippen molar-refractivity contribution in [3.05, 3.63) is 82.8 Å². The van der Waals surface area contributed by atoms with Crippen LogP contribution in [0.5, 0.6) is 17.4 Å². The third kappa shape index (κ3) is 5.95. The normalized spacial score (nSPS) is 18.3. The zero-order chi connectivity index (χ0) is 29.1. The number of aliphatic hydroxyl groups is 1. The molecule has 3 heterocycles. The van der Waals surface area contributed by atoms with E-state index in [-0.39, 0.29) is 61.2 Å². The predicted molar refractivity (Wildman–Crippen MR) is 147 cm³/mol. The number of amides is 2. The van der Waals surface area contributed by atoms with Crippen molar-refractivity contribution in [2.75, 3.05) is 33.5 Å². The third-order valence-corrected chi connectivity index (χ3v) is 7.16. The van der Waals surface area contributed by atoms with Crippen molar-refractivity contribution in [2.24, 2.45) is 5.92 Å². The molecule has 1 N–H and O–H groups in total. The molecular formula is C31H30FN3O6. The summed E-state index contributed by atoms with van der Waals surface area (Å²) in [4.78, 5) is 34.4. The molecular weight excluding hydrogens is 529 g/mol. The molecule has 2 aromatic carbocycles. The standard InChI is InChI=1S/C31H30FN3O6/c1-19-15-35(20(2)17-36)31(38)24-12-21(8-9-22-6-4-5-7-25(22)32)14-33-29(24)41-28(19)16-34(3)30(37)23-10-11-26-27(13-23)40-18-39-26/h4-7,10-14,19-20,28,36H,15-18H2,1-3H3/t19-,20+,28+/m1/s1. The topological polar surface area (TPSA) is 101 Å². The van der Waals surface area contributed by atoms with Crippen molar-refractivity contribution in [1.29, 1.82) is 0 Å². The van der Waals surface area contributed by atoms with E-state index in [1.165, 1.54) is 12.3 Å². The van der Waals surface area contributed by atoms with Gasteiger partial charge in [-0.2, -0.15) is 0 Å². The lowest BCUT2D eigenvalue weighted by Gasteiger charge is -2.37. The molecule has 0 saturated carbocycles. The van der Waals surface area contributed by atoms with Gasteiger partial charge < -0.3 is 29.1 Å². The number of carbonyl (C=O) groups is 2. The molecule has 2 aliphatic heterocycles. The Morgan fingerprint density at radius 2 is 1.98 bits per heavy atom. The molecule has 9 nitrogen and oxygen atoms in total. The van der Waals surface area contributed by atoms with Gasteiger partial charge in [0.1, 0.15) is 17.5 Å². The van der Waals surface area contributed by atoms with Crippen LogP contribution in [0.4, 0.5) is 4.39 Å². The summed E-state index contributed by atoms with van der Waals surface area (Å²) < 4.78 is 31.1. The van der Waals surface area contributed by atoms with Crippen LogP contribution in [0, 0.1) is 23.6 Å². The molecule has 2 aliphatic rings. The van der Waals surface area contributed by atoms with E-state index in [9.17, 15) is 19.1 Å². The van der Waals surface area contributed by atoms with Gasteiger partial charge in [0.2, 0.25) is 12.7 Å². The molecule has 0 bridgehead atoms. The molecule has 3 aromatic rings. The second kappa shape index (κ2) is 11.9. The summed E-state index contributed by atoms with van der Waals surface area (Å²) in [6.07, 6.45) is 0.936. The molecule has 0 fully saturated rings. The van der Waals surface area contributed by atoms with Gasteiger partial charge in [0.25, 0.3) is 11.8 Å². The van der Waals surface area contributed by atoms with E-state index in [2.05, 4.69) is 16.8 Å². The van der Waals surface area contributed by atoms with Crippen LogP contribution in [0.15, 0.2) is 54.7 Å². The zero-order valence-corrected chi connectivity index (χ0v) is 23.0. The smallest absolute Gasteiger partial charge is 0.259 e. The van der Waals surface area contributed by atoms with Gasteiger partial charge in [0, 0.05) is 36.8 Å². The third-order valence-electron chi connectivity index (χ3n) is 7.16. The average molecular weight is 560 g/mol. The van der Waals surface area contributed by atoms with Crippen LogP contribution < -0.4 is 14.2 Å². The summed E-state index contributed by atoms with van der Waals surface area (Å²) in [6, 6.07) is 12.3. The Bertz CT molecular complexity index is 1530. The number of nitrogens with zero attached hydrogens (tertiary/aromatic N) is 3. The molecule has 10 heteroatoms. The van der Waals surface area contributed by atoms with E-state index in [1.807, 2.05) is 6.92 Å². The number of hydrogen-bond acceptors (Lipinski definition) is 7. The highest BCUT2D eigenvalue weighted by atomic mass is 19.1. The molecule has 0 radical (unpaired) electrons. The lowest BCUT2D eigenvalue weighted by Crippen LogP contribution is -2.50. The van der Waals surface area contributed by atoms with Gasteiger partial charge >= 0.3 is 0 Å². The number of likely N-dealkylation sites (N-methyl/N-ethyl adjacent to an activating group) is 1. The molecule has 5 rings (SSSR count). The quantitative estimate of drug-likeness (QED) is 0.479. The van der Waals surface area contributed by atoms with Crippen molar-refractivity contribution in [1.82, 2.24) is 14.8 Å². The van der Waals surface area contributed by atoms with E-state index in [0.717, 1.165) is 0 Å². The van der Waals surface area contributed by atoms with Crippen LogP contribution in [0.3, 0.4) is 0 Å². The van der Waals surface area contributed by atoms with Crippen molar-refractivity contribution in [3.63, 3.8) is 0 Å². The molecule has 0 aliphatic carbocycles. The number of fused-ring (bicyclic) bond motifs is 2. The number of halogens is 1. The zero-order valence-electron chi connectivity index (χ0n) is 23.0. The number of rotatable bonds is 5. The molecule has 0 unspecified atom stereocenters. The number of aliphatic hydroxyl groups excluding tert-OH is 1. The van der Waals surface area contributed by atoms with Gasteiger partial charge in [0.15, 0.2) is 11.5 Å². The SMILES string of the molecule is C[C@@H]1CN([C@@H](C)CO)C(=O)c2cc(C#Cc3ccccc3F)cnc2O[C@H]1CN(C)C(=O)c1ccc2c(c1)OCO2. The van der Waals surface area contributed by atoms with Crippen molar-refractivity contribution in [3.8, 4) is 29.2 Å². The van der Waals surface area contributed by atoms with Gasteiger partial charge in [-0.25, -0.2) is 9.37 Å². The van der Waals surface area contributed by atoms with E-state index in [4.69, 9.17) is 14.2 Å². The van der Waals surface area contributed by atoms with Gasteiger partial charge in [-0.05, 0) is 43.3 Å². The Kier molecular flexibility index (Phi) is 8.08. The summed E-state index contributed by atoms with van der Waals surface area (Å²) in [5, 5.41) is 9.90. The molecule has 1 aromatic heterocycles. The van der Waals surface area contributed by atoms with Crippen LogP contribution >= 0.6 is 0 Å². The largest absolute Gasteiger partial charge is 0.472 e. The lowest BCUT2D eigenvalue weighted by molar-refractivity contribution is 0.0313. The molecule has 2 amide bonds. The molecule has 212 valence electrons. The number of pyridine rings is 1. The number of ether oxygens (including phenoxy) is 3. The first-order valence-electron chi connectivity index (χ1n) is 13.2. The number of benzene rings is 2. The minimum atomic E-state index is -0.527. The first kappa shape index (κ1) is 27.9. The van der Waals surface area contributed by atoms with E-state index in [1.54, 1.807) is 66.2 Å². The van der Waals surface area contributed by atoms with Gasteiger partial charge in [-0.3, -0.25) is 9.59 Å². The lowest BCUT2D eigenvalue weighted by atomic mass is 9.99. The summed E-state index contributed by atoms with van der Waals surface area (Å²) in [5.41, 5.74) is 1.24. The maximum Gasteiger partial charge on any atom is 0.259 e. The van der Waals surface area contributed by atoms with Crippen LogP contribution in [0.25, 0.3) is 0 Å². The van der Waals surface area contributed by atoms with E-state index in [0.29, 0.717) is 22.6 Å². The van der Waals surface area contributed by atoms with Crippen LogP contribution in [-0.2, 0) is 0 Å². The summed E-state index contributed by atoms with van der Waals surface area (Å²) in [6.45, 7) is 4.05. The van der Waals surface area contributed by atoms with Crippen LogP contribution in [-0.4, -0.2) is 77.4 Å². The first-order chi connectivity index (χ1) is 19.7. The average Bonchev–Trinajstić information content (AvgIpc) is 3.46. The van der Waals surface area contributed by atoms with Crippen molar-refractivity contribution >= 4 is 11.8 Å². The summed E-state index contributed by atoms with van der Waals surface area (Å²) in [5.74, 6) is 5.59. The molecule has 3 atom stereocenters. The Morgan fingerprint density at radius 1 is 1.20 bits per heavy atom. The van der Waals surface area contributed by atoms with Crippen LogP contribution in [0.2, 0.25) is 0 Å². The number of aromatic nitrogens is 1. The van der Waals surface area contributed by atoms with Gasteiger partial charge in [0.05, 0.1) is 24.8 Å². The number of hydrogen-bond donors (Lipinski definition) is 1. The maximum absolute atomic E-state index is 14.1. The fraction of sp³-hybridized carbons (Fsp3) is 0.323. The molecule has 0 saturated heterocycles.